The molecule has 0 spiro atoms. The van der Waals surface area contributed by atoms with Gasteiger partial charge in [0, 0.05) is 19.5 Å². The lowest BCUT2D eigenvalue weighted by atomic mass is 10.2. The van der Waals surface area contributed by atoms with E-state index in [4.69, 9.17) is 5.11 Å². The van der Waals surface area contributed by atoms with Crippen molar-refractivity contribution in [3.05, 3.63) is 24.3 Å². The summed E-state index contributed by atoms with van der Waals surface area (Å²) < 4.78 is 26.5. The average Bonchev–Trinajstić information content (AvgIpc) is 2.38. The molecule has 0 unspecified atom stereocenters. The monoisotopic (exact) mass is 300 g/mol. The van der Waals surface area contributed by atoms with Crippen molar-refractivity contribution < 1.29 is 18.3 Å². The average molecular weight is 300 g/mol. The highest BCUT2D eigenvalue weighted by Crippen LogP contribution is 2.20. The Morgan fingerprint density at radius 1 is 1.25 bits per heavy atom. The van der Waals surface area contributed by atoms with E-state index in [9.17, 15) is 13.2 Å². The molecule has 0 saturated carbocycles. The number of hydrogen-bond donors (Lipinski definition) is 3. The second-order valence-electron chi connectivity index (χ2n) is 4.28. The van der Waals surface area contributed by atoms with Crippen LogP contribution in [0.4, 0.5) is 5.69 Å². The van der Waals surface area contributed by atoms with Crippen LogP contribution >= 0.6 is 0 Å². The first kappa shape index (κ1) is 16.5. The number of carboxylic acid groups (broad SMARTS) is 1. The van der Waals surface area contributed by atoms with Crippen LogP contribution in [0.1, 0.15) is 26.2 Å². The van der Waals surface area contributed by atoms with Gasteiger partial charge < -0.3 is 10.4 Å². The molecule has 0 aromatic heterocycles. The highest BCUT2D eigenvalue weighted by Gasteiger charge is 2.16. The van der Waals surface area contributed by atoms with Crippen LogP contribution in [0.5, 0.6) is 0 Å². The Balaban J connectivity index is 2.65. The second kappa shape index (κ2) is 7.86. The molecular weight excluding hydrogens is 280 g/mol. The molecule has 0 aliphatic heterocycles. The summed E-state index contributed by atoms with van der Waals surface area (Å²) >= 11 is 0. The Kier molecular flexibility index (Phi) is 6.47. The molecular formula is C13H20N2O4S. The molecule has 0 heterocycles. The third kappa shape index (κ3) is 5.18. The Morgan fingerprint density at radius 2 is 1.95 bits per heavy atom. The molecule has 0 atom stereocenters. The zero-order chi connectivity index (χ0) is 15.0. The first-order valence-electron chi connectivity index (χ1n) is 6.51. The van der Waals surface area contributed by atoms with Gasteiger partial charge in [-0.1, -0.05) is 19.1 Å². The normalized spacial score (nSPS) is 11.2. The van der Waals surface area contributed by atoms with Crippen LogP contribution in [0.2, 0.25) is 0 Å². The summed E-state index contributed by atoms with van der Waals surface area (Å²) in [5.41, 5.74) is 0.531. The van der Waals surface area contributed by atoms with Crippen molar-refractivity contribution in [2.75, 3.05) is 18.4 Å². The first-order chi connectivity index (χ1) is 9.47. The van der Waals surface area contributed by atoms with Crippen LogP contribution in [-0.2, 0) is 14.8 Å². The minimum Gasteiger partial charge on any atom is -0.481 e. The Hall–Kier alpha value is -1.60. The number of carboxylic acids is 1. The largest absolute Gasteiger partial charge is 0.481 e. The van der Waals surface area contributed by atoms with Crippen LogP contribution in [0.3, 0.4) is 0 Å². The lowest BCUT2D eigenvalue weighted by Gasteiger charge is -2.12. The lowest BCUT2D eigenvalue weighted by molar-refractivity contribution is -0.137. The molecule has 1 aromatic rings. The second-order valence-corrected chi connectivity index (χ2v) is 6.01. The van der Waals surface area contributed by atoms with Gasteiger partial charge >= 0.3 is 5.97 Å². The van der Waals surface area contributed by atoms with Crippen LogP contribution in [0.15, 0.2) is 29.2 Å². The van der Waals surface area contributed by atoms with Gasteiger partial charge in [-0.05, 0) is 25.0 Å². The minimum atomic E-state index is -3.50. The minimum absolute atomic E-state index is 0.124. The van der Waals surface area contributed by atoms with E-state index in [0.717, 1.165) is 0 Å². The maximum atomic E-state index is 12.0. The van der Waals surface area contributed by atoms with E-state index in [2.05, 4.69) is 10.0 Å². The summed E-state index contributed by atoms with van der Waals surface area (Å²) in [7, 11) is -3.50. The van der Waals surface area contributed by atoms with Crippen molar-refractivity contribution in [3.63, 3.8) is 0 Å². The maximum Gasteiger partial charge on any atom is 0.303 e. The van der Waals surface area contributed by atoms with Crippen molar-refractivity contribution in [1.82, 2.24) is 4.72 Å². The van der Waals surface area contributed by atoms with Crippen LogP contribution in [0.25, 0.3) is 0 Å². The van der Waals surface area contributed by atoms with Gasteiger partial charge in [0.15, 0.2) is 0 Å². The van der Waals surface area contributed by atoms with Gasteiger partial charge in [0.2, 0.25) is 10.0 Å². The van der Waals surface area contributed by atoms with Crippen LogP contribution < -0.4 is 10.0 Å². The third-order valence-electron chi connectivity index (χ3n) is 2.64. The highest BCUT2D eigenvalue weighted by molar-refractivity contribution is 7.89. The SMILES string of the molecule is CCNS(=O)(=O)c1ccccc1NCCCCC(=O)O. The molecule has 6 nitrogen and oxygen atoms in total. The number of rotatable bonds is 9. The molecule has 112 valence electrons. The predicted octanol–water partition coefficient (Wildman–Crippen LogP) is 1.65. The summed E-state index contributed by atoms with van der Waals surface area (Å²) in [6, 6.07) is 6.66. The number of sulfonamides is 1. The zero-order valence-corrected chi connectivity index (χ0v) is 12.2. The number of para-hydroxylation sites is 1. The molecule has 3 N–H and O–H groups in total. The van der Waals surface area contributed by atoms with Crippen molar-refractivity contribution in [1.29, 1.82) is 0 Å². The number of nitrogens with one attached hydrogen (secondary N) is 2. The van der Waals surface area contributed by atoms with Crippen molar-refractivity contribution >= 4 is 21.7 Å². The summed E-state index contributed by atoms with van der Waals surface area (Å²) in [6.07, 6.45) is 1.35. The summed E-state index contributed by atoms with van der Waals surface area (Å²) in [4.78, 5) is 10.6. The molecule has 7 heteroatoms. The molecule has 20 heavy (non-hydrogen) atoms. The Labute approximate surface area is 119 Å². The van der Waals surface area contributed by atoms with Gasteiger partial charge in [0.25, 0.3) is 0 Å². The highest BCUT2D eigenvalue weighted by atomic mass is 32.2. The standard InChI is InChI=1S/C13H20N2O4S/c1-2-15-20(18,19)12-8-4-3-7-11(12)14-10-6-5-9-13(16)17/h3-4,7-8,14-15H,2,5-6,9-10H2,1H3,(H,16,17). The van der Waals surface area contributed by atoms with Gasteiger partial charge in [-0.15, -0.1) is 0 Å². The quantitative estimate of drug-likeness (QED) is 0.603. The molecule has 0 radical (unpaired) electrons. The van der Waals surface area contributed by atoms with Gasteiger partial charge in [0.05, 0.1) is 5.69 Å². The first-order valence-corrected chi connectivity index (χ1v) is 8.00. The van der Waals surface area contributed by atoms with Gasteiger partial charge in [-0.3, -0.25) is 4.79 Å². The molecule has 0 aliphatic rings. The molecule has 0 aliphatic carbocycles. The van der Waals surface area contributed by atoms with Gasteiger partial charge in [-0.25, -0.2) is 13.1 Å². The number of carbonyl (C=O) groups is 1. The third-order valence-corrected chi connectivity index (χ3v) is 4.25. The Bertz CT molecular complexity index is 543. The zero-order valence-electron chi connectivity index (χ0n) is 11.4. The van der Waals surface area contributed by atoms with Crippen molar-refractivity contribution in [2.45, 2.75) is 31.1 Å². The topological polar surface area (TPSA) is 95.5 Å². The summed E-state index contributed by atoms with van der Waals surface area (Å²) in [5.74, 6) is -0.819. The smallest absolute Gasteiger partial charge is 0.303 e. The summed E-state index contributed by atoms with van der Waals surface area (Å²) in [6.45, 7) is 2.58. The molecule has 1 rings (SSSR count). The lowest BCUT2D eigenvalue weighted by Crippen LogP contribution is -2.24. The number of benzene rings is 1. The number of aliphatic carboxylic acids is 1. The van der Waals surface area contributed by atoms with Crippen molar-refractivity contribution in [3.8, 4) is 0 Å². The van der Waals surface area contributed by atoms with Crippen LogP contribution in [0, 0.1) is 0 Å². The van der Waals surface area contributed by atoms with E-state index in [0.29, 0.717) is 31.6 Å². The predicted molar refractivity (Wildman–Crippen MR) is 77.3 cm³/mol. The molecule has 0 fully saturated rings. The van der Waals surface area contributed by atoms with E-state index < -0.39 is 16.0 Å². The molecule has 0 saturated heterocycles. The van der Waals surface area contributed by atoms with E-state index in [1.54, 1.807) is 25.1 Å². The van der Waals surface area contributed by atoms with E-state index in [1.165, 1.54) is 6.07 Å². The summed E-state index contributed by atoms with van der Waals surface area (Å²) in [5, 5.41) is 11.6. The number of hydrogen-bond acceptors (Lipinski definition) is 4. The maximum absolute atomic E-state index is 12.0. The number of unbranched alkanes of at least 4 members (excludes halogenated alkanes) is 1. The van der Waals surface area contributed by atoms with E-state index >= 15 is 0 Å². The molecule has 0 amide bonds. The van der Waals surface area contributed by atoms with Crippen LogP contribution in [-0.4, -0.2) is 32.6 Å². The van der Waals surface area contributed by atoms with Gasteiger partial charge in [-0.2, -0.15) is 0 Å². The fraction of sp³-hybridized carbons (Fsp3) is 0.462. The van der Waals surface area contributed by atoms with Crippen molar-refractivity contribution in [2.24, 2.45) is 0 Å². The molecule has 0 bridgehead atoms. The Morgan fingerprint density at radius 3 is 2.60 bits per heavy atom. The molecule has 1 aromatic carbocycles. The van der Waals surface area contributed by atoms with Gasteiger partial charge in [0.1, 0.15) is 4.90 Å². The fourth-order valence-corrected chi connectivity index (χ4v) is 2.96. The number of anilines is 1. The van der Waals surface area contributed by atoms with E-state index in [-0.39, 0.29) is 11.3 Å². The fourth-order valence-electron chi connectivity index (χ4n) is 1.74. The van der Waals surface area contributed by atoms with E-state index in [1.807, 2.05) is 0 Å².